The number of aliphatic hydroxyl groups is 2. The third kappa shape index (κ3) is 4.34. The lowest BCUT2D eigenvalue weighted by Crippen LogP contribution is -2.50. The van der Waals surface area contributed by atoms with Gasteiger partial charge >= 0.3 is 0 Å². The van der Waals surface area contributed by atoms with E-state index in [0.717, 1.165) is 44.1 Å². The Hall–Kier alpha value is -1.53. The van der Waals surface area contributed by atoms with Crippen LogP contribution in [0.5, 0.6) is 5.75 Å². The zero-order valence-electron chi connectivity index (χ0n) is 22.1. The number of hydrogen-bond donors (Lipinski definition) is 2. The van der Waals surface area contributed by atoms with Gasteiger partial charge in [0.25, 0.3) is 0 Å². The molecule has 4 aliphatic rings. The smallest absolute Gasteiger partial charge is 0.205 e. The minimum atomic E-state index is -2.60. The standard InChI is InChI=1S/C27H35ClO5/c1-15-25(30)22(29)14-32-27(15)33-23-13-18(10-11-21(23)28)26(31-2)24-17-7-5-9-20(24)19-8-4-3-6-16(19)12-17/h10-11,13,15,17,20,22,25,27,29-30H,3-9,12,14H2,1-2H3/b26-24+/t15-,17?,20?,22+,25+,27?/m0/s1/i2D3. The van der Waals surface area contributed by atoms with E-state index in [1.807, 2.05) is 0 Å². The summed E-state index contributed by atoms with van der Waals surface area (Å²) < 4.78 is 41.2. The van der Waals surface area contributed by atoms with Crippen LogP contribution >= 0.6 is 11.6 Å². The zero-order chi connectivity index (χ0) is 25.6. The lowest BCUT2D eigenvalue weighted by molar-refractivity contribution is -0.214. The molecule has 33 heavy (non-hydrogen) atoms. The zero-order valence-corrected chi connectivity index (χ0v) is 19.8. The quantitative estimate of drug-likeness (QED) is 0.444. The molecular formula is C27H35ClO5. The second kappa shape index (κ2) is 9.61. The number of aliphatic hydroxyl groups excluding tert-OH is 2. The maximum absolute atomic E-state index is 10.3. The topological polar surface area (TPSA) is 68.2 Å². The number of hydrogen-bond acceptors (Lipinski definition) is 5. The molecule has 0 amide bonds. The van der Waals surface area contributed by atoms with Gasteiger partial charge in [0.1, 0.15) is 17.6 Å². The molecule has 0 radical (unpaired) electrons. The second-order valence-corrected chi connectivity index (χ2v) is 10.4. The van der Waals surface area contributed by atoms with Crippen molar-refractivity contribution < 1.29 is 28.5 Å². The average molecular weight is 478 g/mol. The third-order valence-corrected chi connectivity index (χ3v) is 8.31. The van der Waals surface area contributed by atoms with Crippen LogP contribution in [0.4, 0.5) is 0 Å². The van der Waals surface area contributed by atoms with Crippen LogP contribution < -0.4 is 4.74 Å². The van der Waals surface area contributed by atoms with Gasteiger partial charge in [-0.2, -0.15) is 0 Å². The molecule has 1 saturated carbocycles. The number of rotatable bonds is 4. The van der Waals surface area contributed by atoms with Crippen molar-refractivity contribution >= 4 is 17.4 Å². The summed E-state index contributed by atoms with van der Waals surface area (Å²) in [4.78, 5) is 0. The van der Waals surface area contributed by atoms with Crippen molar-refractivity contribution in [3.8, 4) is 5.75 Å². The summed E-state index contributed by atoms with van der Waals surface area (Å²) in [6.07, 6.45) is 6.06. The van der Waals surface area contributed by atoms with E-state index in [-0.39, 0.29) is 18.4 Å². The third-order valence-electron chi connectivity index (χ3n) is 8.00. The highest BCUT2D eigenvalue weighted by molar-refractivity contribution is 6.32. The molecule has 1 aromatic rings. The number of fused-ring (bicyclic) bond motifs is 3. The predicted molar refractivity (Wildman–Crippen MR) is 128 cm³/mol. The molecule has 3 unspecified atom stereocenters. The van der Waals surface area contributed by atoms with Gasteiger partial charge in [0.15, 0.2) is 0 Å². The van der Waals surface area contributed by atoms with Gasteiger partial charge in [0.2, 0.25) is 6.29 Å². The number of benzene rings is 1. The summed E-state index contributed by atoms with van der Waals surface area (Å²) in [6, 6.07) is 5.18. The van der Waals surface area contributed by atoms with Crippen molar-refractivity contribution in [2.24, 2.45) is 17.8 Å². The Morgan fingerprint density at radius 3 is 2.88 bits per heavy atom. The van der Waals surface area contributed by atoms with Gasteiger partial charge in [-0.15, -0.1) is 0 Å². The van der Waals surface area contributed by atoms with Crippen LogP contribution in [0.25, 0.3) is 5.76 Å². The van der Waals surface area contributed by atoms with Gasteiger partial charge in [-0.1, -0.05) is 36.1 Å². The lowest BCUT2D eigenvalue weighted by Gasteiger charge is -2.43. The van der Waals surface area contributed by atoms with Crippen LogP contribution in [0.15, 0.2) is 34.9 Å². The fourth-order valence-corrected chi connectivity index (χ4v) is 6.43. The van der Waals surface area contributed by atoms with Crippen LogP contribution in [0, 0.1) is 17.8 Å². The van der Waals surface area contributed by atoms with E-state index in [1.54, 1.807) is 30.7 Å². The summed E-state index contributed by atoms with van der Waals surface area (Å²) in [7, 11) is -2.60. The summed E-state index contributed by atoms with van der Waals surface area (Å²) >= 11 is 6.47. The maximum Gasteiger partial charge on any atom is 0.205 e. The molecule has 1 aromatic carbocycles. The Bertz CT molecular complexity index is 1050. The van der Waals surface area contributed by atoms with Gasteiger partial charge < -0.3 is 24.4 Å². The van der Waals surface area contributed by atoms with E-state index in [0.29, 0.717) is 22.1 Å². The molecule has 1 aliphatic heterocycles. The fraction of sp³-hybridized carbons (Fsp3) is 0.630. The molecule has 2 N–H and O–H groups in total. The Balaban J connectivity index is 1.54. The highest BCUT2D eigenvalue weighted by Gasteiger charge is 2.40. The molecular weight excluding hydrogens is 440 g/mol. The first kappa shape index (κ1) is 19.7. The van der Waals surface area contributed by atoms with Crippen LogP contribution in [0.1, 0.15) is 68.0 Å². The van der Waals surface area contributed by atoms with E-state index < -0.39 is 31.5 Å². The van der Waals surface area contributed by atoms with E-state index in [9.17, 15) is 10.2 Å². The molecule has 0 spiro atoms. The highest BCUT2D eigenvalue weighted by atomic mass is 35.5. The van der Waals surface area contributed by atoms with Crippen molar-refractivity contribution in [2.75, 3.05) is 13.6 Å². The predicted octanol–water partition coefficient (Wildman–Crippen LogP) is 5.48. The van der Waals surface area contributed by atoms with Gasteiger partial charge in [0.05, 0.1) is 28.9 Å². The molecule has 3 aliphatic carbocycles. The Labute approximate surface area is 205 Å². The number of ether oxygens (including phenoxy) is 3. The van der Waals surface area contributed by atoms with Crippen molar-refractivity contribution in [1.82, 2.24) is 0 Å². The lowest BCUT2D eigenvalue weighted by atomic mass is 9.62. The summed E-state index contributed by atoms with van der Waals surface area (Å²) in [5.41, 5.74) is 4.80. The van der Waals surface area contributed by atoms with Crippen LogP contribution in [0.3, 0.4) is 0 Å². The van der Waals surface area contributed by atoms with Gasteiger partial charge in [-0.3, -0.25) is 0 Å². The highest BCUT2D eigenvalue weighted by Crippen LogP contribution is 2.53. The summed E-state index contributed by atoms with van der Waals surface area (Å²) in [5.74, 6) is 0.746. The summed E-state index contributed by atoms with van der Waals surface area (Å²) in [5, 5.41) is 20.5. The minimum Gasteiger partial charge on any atom is -0.496 e. The van der Waals surface area contributed by atoms with Crippen molar-refractivity contribution in [1.29, 1.82) is 0 Å². The van der Waals surface area contributed by atoms with Crippen molar-refractivity contribution in [2.45, 2.75) is 76.8 Å². The van der Waals surface area contributed by atoms with Gasteiger partial charge in [-0.25, -0.2) is 0 Å². The molecule has 1 heterocycles. The Kier molecular flexibility index (Phi) is 5.75. The number of methoxy groups -OCH3 is 1. The van der Waals surface area contributed by atoms with Crippen LogP contribution in [0.2, 0.25) is 5.02 Å². The number of halogens is 1. The second-order valence-electron chi connectivity index (χ2n) is 9.99. The molecule has 5 nitrogen and oxygen atoms in total. The molecule has 0 aromatic heterocycles. The Morgan fingerprint density at radius 1 is 1.18 bits per heavy atom. The van der Waals surface area contributed by atoms with Crippen LogP contribution in [-0.4, -0.2) is 42.4 Å². The van der Waals surface area contributed by atoms with E-state index in [1.165, 1.54) is 18.4 Å². The van der Waals surface area contributed by atoms with Gasteiger partial charge in [0, 0.05) is 17.4 Å². The first-order valence-corrected chi connectivity index (χ1v) is 12.6. The van der Waals surface area contributed by atoms with Crippen molar-refractivity contribution in [3.63, 3.8) is 0 Å². The first-order chi connectivity index (χ1) is 17.1. The average Bonchev–Trinajstić information content (AvgIpc) is 2.83. The van der Waals surface area contributed by atoms with E-state index in [4.69, 9.17) is 29.9 Å². The monoisotopic (exact) mass is 477 g/mol. The largest absolute Gasteiger partial charge is 0.496 e. The fourth-order valence-electron chi connectivity index (χ4n) is 6.27. The van der Waals surface area contributed by atoms with Gasteiger partial charge in [-0.05, 0) is 74.6 Å². The molecule has 5 rings (SSSR count). The molecule has 6 atom stereocenters. The molecule has 2 fully saturated rings. The molecule has 180 valence electrons. The minimum absolute atomic E-state index is 0.0499. The maximum atomic E-state index is 10.3. The van der Waals surface area contributed by atoms with Crippen LogP contribution in [-0.2, 0) is 9.47 Å². The summed E-state index contributed by atoms with van der Waals surface area (Å²) in [6.45, 7) is 1.69. The molecule has 2 bridgehead atoms. The molecule has 6 heteroatoms. The van der Waals surface area contributed by atoms with Crippen molar-refractivity contribution in [3.05, 3.63) is 45.5 Å². The molecule has 1 saturated heterocycles. The first-order valence-electron chi connectivity index (χ1n) is 13.7. The van der Waals surface area contributed by atoms with E-state index >= 15 is 0 Å². The SMILES string of the molecule is [2H]C([2H])([2H])O/C(=C1\C2CCCC1C1=C(CCCC1)C2)c1ccc(Cl)c(OC2OC[C@@H](O)[C@H](O)[C@@H]2C)c1. The normalized spacial score (nSPS) is 37.4. The Morgan fingerprint density at radius 2 is 2.03 bits per heavy atom. The van der Waals surface area contributed by atoms with E-state index in [2.05, 4.69) is 0 Å². The number of allylic oxidation sites excluding steroid dienone is 3.